The summed E-state index contributed by atoms with van der Waals surface area (Å²) in [6.07, 6.45) is 2.50. The van der Waals surface area contributed by atoms with Crippen molar-refractivity contribution in [1.29, 1.82) is 0 Å². The summed E-state index contributed by atoms with van der Waals surface area (Å²) in [5, 5.41) is 3.21. The van der Waals surface area contributed by atoms with E-state index in [-0.39, 0.29) is 0 Å². The minimum absolute atomic E-state index is 0.366. The van der Waals surface area contributed by atoms with Crippen LogP contribution in [-0.2, 0) is 23.6 Å². The molecule has 0 aliphatic heterocycles. The van der Waals surface area contributed by atoms with Crippen LogP contribution in [0.25, 0.3) is 0 Å². The molecule has 0 bridgehead atoms. The molecule has 1 aromatic rings. The van der Waals surface area contributed by atoms with Crippen molar-refractivity contribution in [1.82, 2.24) is 19.1 Å². The van der Waals surface area contributed by atoms with Crippen molar-refractivity contribution in [3.8, 4) is 0 Å². The van der Waals surface area contributed by atoms with E-state index >= 15 is 0 Å². The second-order valence-corrected chi connectivity index (χ2v) is 7.59. The highest BCUT2D eigenvalue weighted by Gasteiger charge is 2.22. The van der Waals surface area contributed by atoms with Crippen LogP contribution in [0.5, 0.6) is 0 Å². The van der Waals surface area contributed by atoms with Crippen molar-refractivity contribution in [2.24, 2.45) is 7.05 Å². The van der Waals surface area contributed by atoms with Crippen molar-refractivity contribution in [2.45, 2.75) is 24.8 Å². The molecule has 122 valence electrons. The van der Waals surface area contributed by atoms with Gasteiger partial charge in [0.2, 0.25) is 10.0 Å². The lowest BCUT2D eigenvalue weighted by molar-refractivity contribution is 0.370. The van der Waals surface area contributed by atoms with Gasteiger partial charge in [0.1, 0.15) is 4.90 Å². The Morgan fingerprint density at radius 2 is 1.90 bits per heavy atom. The average molecular weight is 316 g/mol. The SMILES string of the molecule is CCNCc1cc(S(=O)(=O)N(C)CCCN(C)C)cn1C. The summed E-state index contributed by atoms with van der Waals surface area (Å²) in [7, 11) is 4.09. The zero-order valence-corrected chi connectivity index (χ0v) is 14.6. The van der Waals surface area contributed by atoms with Gasteiger partial charge in [0.15, 0.2) is 0 Å². The maximum Gasteiger partial charge on any atom is 0.244 e. The number of sulfonamides is 1. The third-order valence-electron chi connectivity index (χ3n) is 3.43. The summed E-state index contributed by atoms with van der Waals surface area (Å²) in [5.41, 5.74) is 0.970. The molecule has 0 spiro atoms. The minimum atomic E-state index is -3.40. The first kappa shape index (κ1) is 18.2. The summed E-state index contributed by atoms with van der Waals surface area (Å²) in [4.78, 5) is 2.42. The van der Waals surface area contributed by atoms with Gasteiger partial charge >= 0.3 is 0 Å². The molecule has 0 fully saturated rings. The molecule has 1 N–H and O–H groups in total. The largest absolute Gasteiger partial charge is 0.352 e. The van der Waals surface area contributed by atoms with Crippen LogP contribution in [0.15, 0.2) is 17.2 Å². The fourth-order valence-corrected chi connectivity index (χ4v) is 3.36. The van der Waals surface area contributed by atoms with Crippen molar-refractivity contribution < 1.29 is 8.42 Å². The molecule has 1 aromatic heterocycles. The highest BCUT2D eigenvalue weighted by molar-refractivity contribution is 7.89. The molecule has 0 aliphatic rings. The van der Waals surface area contributed by atoms with E-state index in [4.69, 9.17) is 0 Å². The van der Waals surface area contributed by atoms with Crippen LogP contribution < -0.4 is 5.32 Å². The normalized spacial score (nSPS) is 12.5. The lowest BCUT2D eigenvalue weighted by atomic mass is 10.4. The standard InChI is InChI=1S/C14H28N4O2S/c1-6-15-11-13-10-14(12-17(13)4)21(19,20)18(5)9-7-8-16(2)3/h10,12,15H,6-9,11H2,1-5H3. The zero-order chi connectivity index (χ0) is 16.0. The third-order valence-corrected chi connectivity index (χ3v) is 5.25. The van der Waals surface area contributed by atoms with E-state index in [1.807, 2.05) is 32.6 Å². The van der Waals surface area contributed by atoms with E-state index in [9.17, 15) is 8.42 Å². The van der Waals surface area contributed by atoms with Crippen molar-refractivity contribution in [3.05, 3.63) is 18.0 Å². The fraction of sp³-hybridized carbons (Fsp3) is 0.714. The lowest BCUT2D eigenvalue weighted by Crippen LogP contribution is -2.29. The van der Waals surface area contributed by atoms with Gasteiger partial charge < -0.3 is 14.8 Å². The van der Waals surface area contributed by atoms with Gasteiger partial charge in [-0.25, -0.2) is 12.7 Å². The Morgan fingerprint density at radius 3 is 2.48 bits per heavy atom. The van der Waals surface area contributed by atoms with E-state index in [0.717, 1.165) is 25.2 Å². The Bertz CT molecular complexity index is 537. The first-order valence-corrected chi connectivity index (χ1v) is 8.70. The van der Waals surface area contributed by atoms with Crippen molar-refractivity contribution in [3.63, 3.8) is 0 Å². The van der Waals surface area contributed by atoms with Gasteiger partial charge in [0, 0.05) is 39.1 Å². The van der Waals surface area contributed by atoms with Crippen molar-refractivity contribution in [2.75, 3.05) is 40.8 Å². The van der Waals surface area contributed by atoms with Crippen LogP contribution in [-0.4, -0.2) is 63.0 Å². The number of nitrogens with zero attached hydrogens (tertiary/aromatic N) is 3. The summed E-state index contributed by atoms with van der Waals surface area (Å²) < 4.78 is 28.3. The summed E-state index contributed by atoms with van der Waals surface area (Å²) in [6, 6.07) is 1.75. The van der Waals surface area contributed by atoms with E-state index in [0.29, 0.717) is 18.0 Å². The van der Waals surface area contributed by atoms with Crippen LogP contribution in [0, 0.1) is 0 Å². The predicted molar refractivity (Wildman–Crippen MR) is 85.8 cm³/mol. The summed E-state index contributed by atoms with van der Waals surface area (Å²) in [5.74, 6) is 0. The quantitative estimate of drug-likeness (QED) is 0.729. The third kappa shape index (κ3) is 5.10. The summed E-state index contributed by atoms with van der Waals surface area (Å²) >= 11 is 0. The lowest BCUT2D eigenvalue weighted by Gasteiger charge is -2.17. The molecule has 0 saturated carbocycles. The molecule has 0 aliphatic carbocycles. The van der Waals surface area contributed by atoms with Crippen molar-refractivity contribution >= 4 is 10.0 Å². The monoisotopic (exact) mass is 316 g/mol. The van der Waals surface area contributed by atoms with Gasteiger partial charge in [-0.15, -0.1) is 0 Å². The molecular weight excluding hydrogens is 288 g/mol. The Kier molecular flexibility index (Phi) is 6.86. The summed E-state index contributed by atoms with van der Waals surface area (Å²) in [6.45, 7) is 4.96. The van der Waals surface area contributed by atoms with Gasteiger partial charge in [-0.05, 0) is 39.7 Å². The molecule has 0 aromatic carbocycles. The first-order chi connectivity index (χ1) is 9.78. The molecule has 6 nitrogen and oxygen atoms in total. The maximum atomic E-state index is 12.5. The molecule has 0 amide bonds. The highest BCUT2D eigenvalue weighted by atomic mass is 32.2. The second-order valence-electron chi connectivity index (χ2n) is 5.54. The zero-order valence-electron chi connectivity index (χ0n) is 13.8. The highest BCUT2D eigenvalue weighted by Crippen LogP contribution is 2.17. The maximum absolute atomic E-state index is 12.5. The minimum Gasteiger partial charge on any atom is -0.352 e. The molecule has 0 unspecified atom stereocenters. The number of hydrogen-bond acceptors (Lipinski definition) is 4. The smallest absolute Gasteiger partial charge is 0.244 e. The molecule has 0 atom stereocenters. The molecule has 1 heterocycles. The number of hydrogen-bond donors (Lipinski definition) is 1. The van der Waals surface area contributed by atoms with Gasteiger partial charge in [0.05, 0.1) is 0 Å². The number of aromatic nitrogens is 1. The fourth-order valence-electron chi connectivity index (χ4n) is 2.06. The van der Waals surface area contributed by atoms with E-state index < -0.39 is 10.0 Å². The first-order valence-electron chi connectivity index (χ1n) is 7.26. The Labute approximate surface area is 128 Å². The van der Waals surface area contributed by atoms with E-state index in [1.54, 1.807) is 19.3 Å². The van der Waals surface area contributed by atoms with Gasteiger partial charge in [0.25, 0.3) is 0 Å². The van der Waals surface area contributed by atoms with Crippen LogP contribution in [0.3, 0.4) is 0 Å². The number of aryl methyl sites for hydroxylation is 1. The number of rotatable bonds is 9. The van der Waals surface area contributed by atoms with Gasteiger partial charge in [-0.1, -0.05) is 6.92 Å². The van der Waals surface area contributed by atoms with Crippen LogP contribution >= 0.6 is 0 Å². The number of nitrogens with one attached hydrogen (secondary N) is 1. The van der Waals surface area contributed by atoms with Crippen LogP contribution in [0.2, 0.25) is 0 Å². The van der Waals surface area contributed by atoms with E-state index in [1.165, 1.54) is 4.31 Å². The molecule has 7 heteroatoms. The van der Waals surface area contributed by atoms with E-state index in [2.05, 4.69) is 10.2 Å². The molecule has 0 saturated heterocycles. The average Bonchev–Trinajstić information content (AvgIpc) is 2.77. The van der Waals surface area contributed by atoms with Gasteiger partial charge in [-0.2, -0.15) is 0 Å². The van der Waals surface area contributed by atoms with Crippen LogP contribution in [0.1, 0.15) is 19.0 Å². The van der Waals surface area contributed by atoms with Crippen LogP contribution in [0.4, 0.5) is 0 Å². The Balaban J connectivity index is 2.77. The molecule has 21 heavy (non-hydrogen) atoms. The molecule has 1 rings (SSSR count). The predicted octanol–water partition coefficient (Wildman–Crippen LogP) is 0.707. The second kappa shape index (κ2) is 7.93. The van der Waals surface area contributed by atoms with Gasteiger partial charge in [-0.3, -0.25) is 0 Å². The Hall–Kier alpha value is -0.890. The molecular formula is C14H28N4O2S. The Morgan fingerprint density at radius 1 is 1.24 bits per heavy atom. The topological polar surface area (TPSA) is 57.6 Å². The molecule has 0 radical (unpaired) electrons.